The van der Waals surface area contributed by atoms with E-state index < -0.39 is 0 Å². The highest BCUT2D eigenvalue weighted by atomic mass is 16.7. The SMILES string of the molecule is Cc1cc(C)n(CC(=O)NOC2CCCC2)n1. The predicted molar refractivity (Wildman–Crippen MR) is 63.2 cm³/mol. The van der Waals surface area contributed by atoms with Gasteiger partial charge in [0.25, 0.3) is 5.91 Å². The molecule has 1 aliphatic carbocycles. The highest BCUT2D eigenvalue weighted by Crippen LogP contribution is 2.19. The highest BCUT2D eigenvalue weighted by Gasteiger charge is 2.17. The molecular weight excluding hydrogens is 218 g/mol. The smallest absolute Gasteiger partial charge is 0.265 e. The van der Waals surface area contributed by atoms with E-state index in [-0.39, 0.29) is 18.6 Å². The molecule has 0 radical (unpaired) electrons. The second-order valence-electron chi connectivity index (χ2n) is 4.63. The van der Waals surface area contributed by atoms with E-state index in [2.05, 4.69) is 10.6 Å². The molecule has 0 spiro atoms. The minimum absolute atomic E-state index is 0.150. The van der Waals surface area contributed by atoms with E-state index in [9.17, 15) is 4.79 Å². The van der Waals surface area contributed by atoms with Gasteiger partial charge in [-0.2, -0.15) is 5.10 Å². The van der Waals surface area contributed by atoms with Gasteiger partial charge in [-0.15, -0.1) is 0 Å². The third-order valence-corrected chi connectivity index (χ3v) is 3.04. The van der Waals surface area contributed by atoms with Gasteiger partial charge >= 0.3 is 0 Å². The van der Waals surface area contributed by atoms with Gasteiger partial charge in [-0.25, -0.2) is 5.48 Å². The maximum atomic E-state index is 11.6. The summed E-state index contributed by atoms with van der Waals surface area (Å²) in [5.74, 6) is -0.150. The van der Waals surface area contributed by atoms with Gasteiger partial charge in [-0.3, -0.25) is 14.3 Å². The molecular formula is C12H19N3O2. The molecule has 0 saturated heterocycles. The second-order valence-corrected chi connectivity index (χ2v) is 4.63. The number of hydroxylamine groups is 1. The summed E-state index contributed by atoms with van der Waals surface area (Å²) in [5, 5.41) is 4.23. The summed E-state index contributed by atoms with van der Waals surface area (Å²) >= 11 is 0. The van der Waals surface area contributed by atoms with Crippen LogP contribution in [0.25, 0.3) is 0 Å². The van der Waals surface area contributed by atoms with Gasteiger partial charge in [0.1, 0.15) is 6.54 Å². The maximum Gasteiger partial charge on any atom is 0.265 e. The number of nitrogens with zero attached hydrogens (tertiary/aromatic N) is 2. The van der Waals surface area contributed by atoms with Gasteiger partial charge in [-0.1, -0.05) is 12.8 Å². The fraction of sp³-hybridized carbons (Fsp3) is 0.667. The van der Waals surface area contributed by atoms with Crippen LogP contribution in [0.1, 0.15) is 37.1 Å². The van der Waals surface area contributed by atoms with Gasteiger partial charge in [0.15, 0.2) is 0 Å². The Labute approximate surface area is 101 Å². The van der Waals surface area contributed by atoms with Crippen LogP contribution in [0.3, 0.4) is 0 Å². The summed E-state index contributed by atoms with van der Waals surface area (Å²) in [4.78, 5) is 17.0. The third kappa shape index (κ3) is 3.30. The molecule has 1 heterocycles. The van der Waals surface area contributed by atoms with E-state index in [0.717, 1.165) is 24.2 Å². The average molecular weight is 237 g/mol. The molecule has 0 atom stereocenters. The van der Waals surface area contributed by atoms with Crippen LogP contribution in [-0.4, -0.2) is 21.8 Å². The fourth-order valence-electron chi connectivity index (χ4n) is 2.16. The minimum Gasteiger partial charge on any atom is -0.271 e. The summed E-state index contributed by atoms with van der Waals surface area (Å²) in [6.07, 6.45) is 4.66. The molecule has 1 N–H and O–H groups in total. The Kier molecular flexibility index (Phi) is 3.78. The quantitative estimate of drug-likeness (QED) is 0.807. The third-order valence-electron chi connectivity index (χ3n) is 3.04. The first-order chi connectivity index (χ1) is 8.15. The predicted octanol–water partition coefficient (Wildman–Crippen LogP) is 1.49. The van der Waals surface area contributed by atoms with Crippen molar-refractivity contribution in [2.24, 2.45) is 0 Å². The second kappa shape index (κ2) is 5.31. The summed E-state index contributed by atoms with van der Waals surface area (Å²) in [7, 11) is 0. The van der Waals surface area contributed by atoms with Crippen LogP contribution in [-0.2, 0) is 16.2 Å². The topological polar surface area (TPSA) is 56.2 Å². The molecule has 5 nitrogen and oxygen atoms in total. The zero-order valence-electron chi connectivity index (χ0n) is 10.4. The number of carbonyl (C=O) groups is 1. The molecule has 1 aromatic heterocycles. The number of hydrogen-bond acceptors (Lipinski definition) is 3. The van der Waals surface area contributed by atoms with Crippen molar-refractivity contribution in [3.05, 3.63) is 17.5 Å². The Bertz CT molecular complexity index is 394. The van der Waals surface area contributed by atoms with Crippen LogP contribution in [0, 0.1) is 13.8 Å². The maximum absolute atomic E-state index is 11.6. The zero-order chi connectivity index (χ0) is 12.3. The van der Waals surface area contributed by atoms with Crippen molar-refractivity contribution in [3.8, 4) is 0 Å². The average Bonchev–Trinajstić information content (AvgIpc) is 2.87. The molecule has 1 saturated carbocycles. The molecule has 94 valence electrons. The summed E-state index contributed by atoms with van der Waals surface area (Å²) in [6, 6.07) is 1.95. The van der Waals surface area contributed by atoms with E-state index in [0.29, 0.717) is 0 Å². The Morgan fingerprint density at radius 3 is 2.82 bits per heavy atom. The number of nitrogens with one attached hydrogen (secondary N) is 1. The molecule has 1 amide bonds. The molecule has 1 aliphatic rings. The van der Waals surface area contributed by atoms with Crippen molar-refractivity contribution >= 4 is 5.91 Å². The van der Waals surface area contributed by atoms with Crippen molar-refractivity contribution in [1.29, 1.82) is 0 Å². The van der Waals surface area contributed by atoms with Crippen molar-refractivity contribution in [1.82, 2.24) is 15.3 Å². The van der Waals surface area contributed by atoms with Crippen LogP contribution in [0.4, 0.5) is 0 Å². The van der Waals surface area contributed by atoms with Crippen molar-refractivity contribution in [3.63, 3.8) is 0 Å². The Morgan fingerprint density at radius 1 is 1.53 bits per heavy atom. The van der Waals surface area contributed by atoms with Crippen LogP contribution < -0.4 is 5.48 Å². The molecule has 0 aliphatic heterocycles. The largest absolute Gasteiger partial charge is 0.271 e. The van der Waals surface area contributed by atoms with Crippen LogP contribution in [0.2, 0.25) is 0 Å². The summed E-state index contributed by atoms with van der Waals surface area (Å²) in [5.41, 5.74) is 4.42. The Morgan fingerprint density at radius 2 is 2.24 bits per heavy atom. The lowest BCUT2D eigenvalue weighted by Gasteiger charge is -2.11. The van der Waals surface area contributed by atoms with E-state index in [1.807, 2.05) is 19.9 Å². The van der Waals surface area contributed by atoms with Gasteiger partial charge in [0.2, 0.25) is 0 Å². The normalized spacial score (nSPS) is 16.4. The molecule has 17 heavy (non-hydrogen) atoms. The molecule has 5 heteroatoms. The molecule has 2 rings (SSSR count). The van der Waals surface area contributed by atoms with Crippen LogP contribution >= 0.6 is 0 Å². The van der Waals surface area contributed by atoms with Crippen LogP contribution in [0.15, 0.2) is 6.07 Å². The van der Waals surface area contributed by atoms with E-state index in [4.69, 9.17) is 4.84 Å². The van der Waals surface area contributed by atoms with E-state index in [1.54, 1.807) is 4.68 Å². The number of rotatable bonds is 4. The highest BCUT2D eigenvalue weighted by molar-refractivity contribution is 5.74. The standard InChI is InChI=1S/C12H19N3O2/c1-9-7-10(2)15(13-9)8-12(16)14-17-11-5-3-4-6-11/h7,11H,3-6,8H2,1-2H3,(H,14,16). The number of carbonyl (C=O) groups excluding carboxylic acids is 1. The van der Waals surface area contributed by atoms with E-state index in [1.165, 1.54) is 12.8 Å². The lowest BCUT2D eigenvalue weighted by atomic mass is 10.3. The van der Waals surface area contributed by atoms with Crippen molar-refractivity contribution < 1.29 is 9.63 Å². The lowest BCUT2D eigenvalue weighted by Crippen LogP contribution is -2.31. The lowest BCUT2D eigenvalue weighted by molar-refractivity contribution is -0.139. The molecule has 0 aromatic carbocycles. The van der Waals surface area contributed by atoms with Gasteiger partial charge < -0.3 is 0 Å². The number of aromatic nitrogens is 2. The number of aryl methyl sites for hydroxylation is 2. The number of hydrogen-bond donors (Lipinski definition) is 1. The summed E-state index contributed by atoms with van der Waals surface area (Å²) < 4.78 is 1.68. The van der Waals surface area contributed by atoms with Gasteiger partial charge in [-0.05, 0) is 32.8 Å². The number of amides is 1. The first kappa shape index (κ1) is 12.1. The van der Waals surface area contributed by atoms with Crippen LogP contribution in [0.5, 0.6) is 0 Å². The molecule has 1 aromatic rings. The van der Waals surface area contributed by atoms with Crippen molar-refractivity contribution in [2.45, 2.75) is 52.2 Å². The summed E-state index contributed by atoms with van der Waals surface area (Å²) in [6.45, 7) is 4.06. The monoisotopic (exact) mass is 237 g/mol. The first-order valence-corrected chi connectivity index (χ1v) is 6.10. The van der Waals surface area contributed by atoms with Crippen molar-refractivity contribution in [2.75, 3.05) is 0 Å². The van der Waals surface area contributed by atoms with E-state index >= 15 is 0 Å². The molecule has 0 unspecified atom stereocenters. The molecule has 0 bridgehead atoms. The zero-order valence-corrected chi connectivity index (χ0v) is 10.4. The Hall–Kier alpha value is -1.36. The molecule has 1 fully saturated rings. The minimum atomic E-state index is -0.150. The van der Waals surface area contributed by atoms with Gasteiger partial charge in [0, 0.05) is 5.69 Å². The van der Waals surface area contributed by atoms with Gasteiger partial charge in [0.05, 0.1) is 11.8 Å². The first-order valence-electron chi connectivity index (χ1n) is 6.10. The Balaban J connectivity index is 1.78. The fourth-order valence-corrected chi connectivity index (χ4v) is 2.16.